The minimum Gasteiger partial charge on any atom is -0.485 e. The van der Waals surface area contributed by atoms with Crippen LogP contribution >= 0.6 is 0 Å². The van der Waals surface area contributed by atoms with Crippen LogP contribution in [0, 0.1) is 5.92 Å². The van der Waals surface area contributed by atoms with E-state index in [1.54, 1.807) is 0 Å². The number of rotatable bonds is 3. The highest BCUT2D eigenvalue weighted by atomic mass is 19.1. The maximum atomic E-state index is 14.4. The van der Waals surface area contributed by atoms with Crippen LogP contribution in [0.25, 0.3) is 10.9 Å². The van der Waals surface area contributed by atoms with Gasteiger partial charge in [0.2, 0.25) is 0 Å². The van der Waals surface area contributed by atoms with Gasteiger partial charge in [-0.15, -0.1) is 0 Å². The number of pyridine rings is 1. The predicted octanol–water partition coefficient (Wildman–Crippen LogP) is 5.35. The minimum absolute atomic E-state index is 0.339. The molecule has 1 aromatic heterocycles. The molecule has 0 amide bonds. The Kier molecular flexibility index (Phi) is 6.44. The highest BCUT2D eigenvalue weighted by Crippen LogP contribution is 2.29. The largest absolute Gasteiger partial charge is 0.485 e. The molecule has 1 aromatic carbocycles. The Morgan fingerprint density at radius 2 is 2.06 bits per heavy atom. The van der Waals surface area contributed by atoms with E-state index in [-0.39, 0.29) is 0 Å². The third-order valence-electron chi connectivity index (χ3n) is 6.51. The molecule has 2 aliphatic heterocycles. The summed E-state index contributed by atoms with van der Waals surface area (Å²) in [5.74, 6) is 1.09. The lowest BCUT2D eigenvalue weighted by atomic mass is 9.88. The molecule has 3 heterocycles. The van der Waals surface area contributed by atoms with Gasteiger partial charge in [0.15, 0.2) is 0 Å². The second kappa shape index (κ2) is 9.78. The zero-order valence-corrected chi connectivity index (χ0v) is 18.3. The SMILES string of the molecule is FC1CNCCC1Oc1cccc2ccc(C3=NCCCC=C4C=CC=CC4CC3)nc12. The molecule has 1 N–H and O–H groups in total. The number of hydrogen-bond donors (Lipinski definition) is 1. The van der Waals surface area contributed by atoms with Crippen molar-refractivity contribution in [2.24, 2.45) is 10.9 Å². The van der Waals surface area contributed by atoms with E-state index in [1.807, 2.05) is 18.2 Å². The summed E-state index contributed by atoms with van der Waals surface area (Å²) in [5.41, 5.74) is 4.16. The summed E-state index contributed by atoms with van der Waals surface area (Å²) >= 11 is 0. The van der Waals surface area contributed by atoms with E-state index in [4.69, 9.17) is 14.7 Å². The lowest BCUT2D eigenvalue weighted by molar-refractivity contribution is 0.0742. The number of halogens is 1. The van der Waals surface area contributed by atoms with Crippen molar-refractivity contribution in [1.29, 1.82) is 0 Å². The highest BCUT2D eigenvalue weighted by molar-refractivity contribution is 6.01. The van der Waals surface area contributed by atoms with E-state index >= 15 is 0 Å². The molecule has 5 rings (SSSR count). The van der Waals surface area contributed by atoms with Crippen LogP contribution in [0.3, 0.4) is 0 Å². The average Bonchev–Trinajstić information content (AvgIpc) is 2.83. The van der Waals surface area contributed by atoms with E-state index in [9.17, 15) is 4.39 Å². The van der Waals surface area contributed by atoms with Crippen LogP contribution in [-0.4, -0.2) is 42.6 Å². The Morgan fingerprint density at radius 1 is 1.09 bits per heavy atom. The molecule has 0 radical (unpaired) electrons. The number of fused-ring (bicyclic) bond motifs is 2. The molecule has 4 nitrogen and oxygen atoms in total. The van der Waals surface area contributed by atoms with Crippen molar-refractivity contribution in [3.63, 3.8) is 0 Å². The van der Waals surface area contributed by atoms with Gasteiger partial charge in [0.1, 0.15) is 23.5 Å². The van der Waals surface area contributed by atoms with Gasteiger partial charge in [0.25, 0.3) is 0 Å². The number of allylic oxidation sites excluding steroid dienone is 6. The minimum atomic E-state index is -1.01. The number of nitrogens with zero attached hydrogens (tertiary/aromatic N) is 2. The first-order chi connectivity index (χ1) is 15.8. The Bertz CT molecular complexity index is 1090. The van der Waals surface area contributed by atoms with E-state index in [0.29, 0.717) is 24.6 Å². The van der Waals surface area contributed by atoms with Gasteiger partial charge in [-0.05, 0) is 56.4 Å². The molecule has 1 aliphatic carbocycles. The van der Waals surface area contributed by atoms with E-state index in [0.717, 1.165) is 61.1 Å². The highest BCUT2D eigenvalue weighted by Gasteiger charge is 2.27. The summed E-state index contributed by atoms with van der Waals surface area (Å²) in [7, 11) is 0. The van der Waals surface area contributed by atoms with E-state index < -0.39 is 12.3 Å². The zero-order chi connectivity index (χ0) is 21.8. The molecule has 0 spiro atoms. The molecule has 3 atom stereocenters. The third-order valence-corrected chi connectivity index (χ3v) is 6.51. The van der Waals surface area contributed by atoms with Gasteiger partial charge in [-0.25, -0.2) is 9.37 Å². The molecule has 0 saturated carbocycles. The summed E-state index contributed by atoms with van der Waals surface area (Å²) in [5, 5.41) is 4.08. The predicted molar refractivity (Wildman–Crippen MR) is 128 cm³/mol. The molecule has 0 bridgehead atoms. The van der Waals surface area contributed by atoms with Gasteiger partial charge < -0.3 is 10.1 Å². The monoisotopic (exact) mass is 431 g/mol. The fourth-order valence-electron chi connectivity index (χ4n) is 4.70. The van der Waals surface area contributed by atoms with Crippen molar-refractivity contribution in [2.75, 3.05) is 19.6 Å². The van der Waals surface area contributed by atoms with Crippen molar-refractivity contribution >= 4 is 16.6 Å². The van der Waals surface area contributed by atoms with Gasteiger partial charge in [-0.3, -0.25) is 4.99 Å². The Labute approximate surface area is 189 Å². The van der Waals surface area contributed by atoms with Crippen LogP contribution in [0.5, 0.6) is 5.75 Å². The number of hydrogen-bond acceptors (Lipinski definition) is 4. The molecule has 2 aromatic rings. The maximum absolute atomic E-state index is 14.4. The van der Waals surface area contributed by atoms with Crippen molar-refractivity contribution < 1.29 is 9.13 Å². The standard InChI is InChI=1S/C27H30FN3O/c28-22-18-29-17-15-25(22)32-26-10-5-9-21-12-14-24(31-27(21)26)23-13-11-20-7-2-1-6-19(20)8-3-4-16-30-23/h1-2,5-10,12,14,20,22,25,29H,3-4,11,13,15-18H2. The summed E-state index contributed by atoms with van der Waals surface area (Å²) in [6.07, 6.45) is 14.3. The van der Waals surface area contributed by atoms with Gasteiger partial charge in [0.05, 0.1) is 11.4 Å². The Balaban J connectivity index is 1.42. The first-order valence-corrected chi connectivity index (χ1v) is 11.8. The first kappa shape index (κ1) is 21.1. The summed E-state index contributed by atoms with van der Waals surface area (Å²) in [6, 6.07) is 10.0. The number of para-hydroxylation sites is 1. The second-order valence-electron chi connectivity index (χ2n) is 8.75. The number of aromatic nitrogens is 1. The lowest BCUT2D eigenvalue weighted by Gasteiger charge is -2.27. The van der Waals surface area contributed by atoms with E-state index in [1.165, 1.54) is 5.57 Å². The van der Waals surface area contributed by atoms with Crippen molar-refractivity contribution in [3.8, 4) is 5.75 Å². The number of alkyl halides is 1. The number of benzene rings is 1. The second-order valence-corrected chi connectivity index (χ2v) is 8.75. The van der Waals surface area contributed by atoms with Gasteiger partial charge in [0, 0.05) is 24.4 Å². The topological polar surface area (TPSA) is 46.5 Å². The van der Waals surface area contributed by atoms with E-state index in [2.05, 4.69) is 47.8 Å². The van der Waals surface area contributed by atoms with Crippen molar-refractivity contribution in [2.45, 2.75) is 44.4 Å². The molecule has 166 valence electrons. The summed E-state index contributed by atoms with van der Waals surface area (Å²) < 4.78 is 20.5. The smallest absolute Gasteiger partial charge is 0.149 e. The average molecular weight is 432 g/mol. The lowest BCUT2D eigenvalue weighted by Crippen LogP contribution is -2.44. The molecular weight excluding hydrogens is 401 g/mol. The van der Waals surface area contributed by atoms with Crippen LogP contribution < -0.4 is 10.1 Å². The normalized spacial score (nSPS) is 26.2. The molecule has 3 unspecified atom stereocenters. The molecule has 3 aliphatic rings. The van der Waals surface area contributed by atoms with Crippen molar-refractivity contribution in [1.82, 2.24) is 10.3 Å². The van der Waals surface area contributed by atoms with Crippen LogP contribution in [-0.2, 0) is 0 Å². The van der Waals surface area contributed by atoms with Crippen LogP contribution in [0.4, 0.5) is 4.39 Å². The Hall–Kier alpha value is -2.79. The molecule has 5 heteroatoms. The fourth-order valence-corrected chi connectivity index (χ4v) is 4.70. The summed E-state index contributed by atoms with van der Waals surface area (Å²) in [4.78, 5) is 9.91. The third kappa shape index (κ3) is 4.68. The van der Waals surface area contributed by atoms with Crippen LogP contribution in [0.2, 0.25) is 0 Å². The van der Waals surface area contributed by atoms with Crippen LogP contribution in [0.15, 0.2) is 71.3 Å². The first-order valence-electron chi connectivity index (χ1n) is 11.8. The van der Waals surface area contributed by atoms with Gasteiger partial charge >= 0.3 is 0 Å². The maximum Gasteiger partial charge on any atom is 0.149 e. The number of ether oxygens (including phenoxy) is 1. The number of aliphatic imine (C=N–C) groups is 1. The molecule has 32 heavy (non-hydrogen) atoms. The van der Waals surface area contributed by atoms with Gasteiger partial charge in [-0.2, -0.15) is 0 Å². The summed E-state index contributed by atoms with van der Waals surface area (Å²) in [6.45, 7) is 1.92. The number of piperidine rings is 1. The number of nitrogens with one attached hydrogen (secondary N) is 1. The Morgan fingerprint density at radius 3 is 3.00 bits per heavy atom. The molecular formula is C27H30FN3O. The molecule has 1 fully saturated rings. The zero-order valence-electron chi connectivity index (χ0n) is 18.3. The molecule has 1 saturated heterocycles. The quantitative estimate of drug-likeness (QED) is 0.713. The fraction of sp³-hybridized carbons (Fsp3) is 0.407. The van der Waals surface area contributed by atoms with Crippen LogP contribution in [0.1, 0.15) is 37.8 Å². The van der Waals surface area contributed by atoms with Crippen molar-refractivity contribution in [3.05, 3.63) is 72.0 Å². The van der Waals surface area contributed by atoms with Gasteiger partial charge in [-0.1, -0.05) is 48.6 Å².